The third-order valence-electron chi connectivity index (χ3n) is 0.801. The smallest absolute Gasteiger partial charge is 0.407 e. The number of nitrogens with one attached hydrogen (secondary N) is 1. The van der Waals surface area contributed by atoms with Gasteiger partial charge in [0.05, 0.1) is 6.61 Å². The summed E-state index contributed by atoms with van der Waals surface area (Å²) in [7, 11) is 0. The molecule has 1 N–H and O–H groups in total. The van der Waals surface area contributed by atoms with Gasteiger partial charge in [0.1, 0.15) is 0 Å². The lowest BCUT2D eigenvalue weighted by molar-refractivity contribution is 0.147. The summed E-state index contributed by atoms with van der Waals surface area (Å²) in [5, 5.41) is 3.32. The number of ether oxygens (including phenoxy) is 1. The van der Waals surface area contributed by atoms with Crippen LogP contribution in [-0.2, 0) is 4.74 Å². The fourth-order valence-electron chi connectivity index (χ4n) is 0.395. The summed E-state index contributed by atoms with van der Waals surface area (Å²) in [6, 6.07) is 0. The van der Waals surface area contributed by atoms with E-state index in [1.807, 2.05) is 6.92 Å². The molecule has 0 heterocycles. The Balaban J connectivity index is 3.09. The third-order valence-corrected chi connectivity index (χ3v) is 1.20. The topological polar surface area (TPSA) is 38.3 Å². The van der Waals surface area contributed by atoms with Gasteiger partial charge in [-0.05, 0) is 6.42 Å². The first-order chi connectivity index (χ1) is 4.81. The average molecular weight is 210 g/mol. The van der Waals surface area contributed by atoms with E-state index in [1.54, 1.807) is 0 Å². The van der Waals surface area contributed by atoms with Crippen LogP contribution in [0.5, 0.6) is 0 Å². The average Bonchev–Trinajstić information content (AvgIpc) is 1.97. The SMILES string of the molecule is CCCOC(=O)NCCBr. The largest absolute Gasteiger partial charge is 0.450 e. The Morgan fingerprint density at radius 2 is 2.40 bits per heavy atom. The quantitative estimate of drug-likeness (QED) is 0.714. The van der Waals surface area contributed by atoms with Crippen LogP contribution in [0.1, 0.15) is 13.3 Å². The molecular formula is C6H12BrNO2. The minimum atomic E-state index is -0.332. The number of hydrogen-bond donors (Lipinski definition) is 1. The van der Waals surface area contributed by atoms with Crippen molar-refractivity contribution in [2.75, 3.05) is 18.5 Å². The molecule has 0 radical (unpaired) electrons. The van der Waals surface area contributed by atoms with Crippen molar-refractivity contribution < 1.29 is 9.53 Å². The summed E-state index contributed by atoms with van der Waals surface area (Å²) >= 11 is 3.18. The molecule has 0 aliphatic heterocycles. The van der Waals surface area contributed by atoms with Crippen LogP contribution < -0.4 is 5.32 Å². The molecule has 0 atom stereocenters. The highest BCUT2D eigenvalue weighted by atomic mass is 79.9. The maximum Gasteiger partial charge on any atom is 0.407 e. The van der Waals surface area contributed by atoms with Crippen LogP contribution in [0.2, 0.25) is 0 Å². The van der Waals surface area contributed by atoms with E-state index in [0.717, 1.165) is 11.8 Å². The van der Waals surface area contributed by atoms with E-state index in [-0.39, 0.29) is 6.09 Å². The zero-order valence-electron chi connectivity index (χ0n) is 6.02. The van der Waals surface area contributed by atoms with Gasteiger partial charge in [-0.15, -0.1) is 0 Å². The number of hydrogen-bond acceptors (Lipinski definition) is 2. The lowest BCUT2D eigenvalue weighted by atomic mass is 10.5. The molecule has 60 valence electrons. The number of alkyl carbamates (subject to hydrolysis) is 1. The molecule has 0 saturated carbocycles. The minimum absolute atomic E-state index is 0.332. The van der Waals surface area contributed by atoms with Crippen molar-refractivity contribution in [3.05, 3.63) is 0 Å². The third kappa shape index (κ3) is 5.88. The van der Waals surface area contributed by atoms with Gasteiger partial charge in [0, 0.05) is 11.9 Å². The van der Waals surface area contributed by atoms with Gasteiger partial charge >= 0.3 is 6.09 Å². The number of halogens is 1. The Morgan fingerprint density at radius 1 is 1.70 bits per heavy atom. The van der Waals surface area contributed by atoms with E-state index >= 15 is 0 Å². The minimum Gasteiger partial charge on any atom is -0.450 e. The molecule has 0 aromatic carbocycles. The summed E-state index contributed by atoms with van der Waals surface area (Å²) in [4.78, 5) is 10.6. The highest BCUT2D eigenvalue weighted by Crippen LogP contribution is 1.82. The maximum atomic E-state index is 10.6. The molecule has 3 nitrogen and oxygen atoms in total. The van der Waals surface area contributed by atoms with Gasteiger partial charge in [-0.3, -0.25) is 0 Å². The molecule has 1 amide bonds. The molecule has 0 spiro atoms. The standard InChI is InChI=1S/C6H12BrNO2/c1-2-5-10-6(9)8-4-3-7/h2-5H2,1H3,(H,8,9). The highest BCUT2D eigenvalue weighted by molar-refractivity contribution is 9.09. The monoisotopic (exact) mass is 209 g/mol. The number of carbonyl (C=O) groups excluding carboxylic acids is 1. The van der Waals surface area contributed by atoms with Gasteiger partial charge in [-0.1, -0.05) is 22.9 Å². The van der Waals surface area contributed by atoms with Gasteiger partial charge in [-0.2, -0.15) is 0 Å². The van der Waals surface area contributed by atoms with Crippen LogP contribution in [0.15, 0.2) is 0 Å². The molecule has 0 fully saturated rings. The Bertz CT molecular complexity index is 87.7. The molecule has 0 saturated heterocycles. The Hall–Kier alpha value is -0.250. The fraction of sp³-hybridized carbons (Fsp3) is 0.833. The van der Waals surface area contributed by atoms with Crippen molar-refractivity contribution >= 4 is 22.0 Å². The van der Waals surface area contributed by atoms with Gasteiger partial charge in [0.2, 0.25) is 0 Å². The van der Waals surface area contributed by atoms with E-state index in [4.69, 9.17) is 4.74 Å². The van der Waals surface area contributed by atoms with Crippen molar-refractivity contribution in [2.24, 2.45) is 0 Å². The second-order valence-corrected chi connectivity index (χ2v) is 2.54. The van der Waals surface area contributed by atoms with Crippen LogP contribution >= 0.6 is 15.9 Å². The molecule has 10 heavy (non-hydrogen) atoms. The second-order valence-electron chi connectivity index (χ2n) is 1.75. The normalized spacial score (nSPS) is 9.00. The first kappa shape index (κ1) is 9.75. The van der Waals surface area contributed by atoms with Crippen molar-refractivity contribution in [1.29, 1.82) is 0 Å². The van der Waals surface area contributed by atoms with E-state index in [2.05, 4.69) is 21.2 Å². The number of carbonyl (C=O) groups is 1. The Morgan fingerprint density at radius 3 is 2.90 bits per heavy atom. The zero-order valence-corrected chi connectivity index (χ0v) is 7.61. The van der Waals surface area contributed by atoms with Gasteiger partial charge in [0.25, 0.3) is 0 Å². The first-order valence-corrected chi connectivity index (χ1v) is 4.40. The summed E-state index contributed by atoms with van der Waals surface area (Å²) in [5.74, 6) is 0. The zero-order chi connectivity index (χ0) is 7.82. The van der Waals surface area contributed by atoms with E-state index < -0.39 is 0 Å². The first-order valence-electron chi connectivity index (χ1n) is 3.27. The summed E-state index contributed by atoms with van der Waals surface area (Å²) in [6.07, 6.45) is 0.531. The molecule has 4 heteroatoms. The Labute approximate surface area is 69.3 Å². The summed E-state index contributed by atoms with van der Waals surface area (Å²) in [6.45, 7) is 3.06. The fourth-order valence-corrected chi connectivity index (χ4v) is 0.593. The predicted octanol–water partition coefficient (Wildman–Crippen LogP) is 1.52. The van der Waals surface area contributed by atoms with Crippen molar-refractivity contribution in [1.82, 2.24) is 5.32 Å². The van der Waals surface area contributed by atoms with Crippen LogP contribution in [0, 0.1) is 0 Å². The van der Waals surface area contributed by atoms with E-state index in [0.29, 0.717) is 13.2 Å². The molecule has 0 aliphatic rings. The van der Waals surface area contributed by atoms with Crippen LogP contribution in [0.25, 0.3) is 0 Å². The summed E-state index contributed by atoms with van der Waals surface area (Å²) in [5.41, 5.74) is 0. The van der Waals surface area contributed by atoms with Crippen molar-refractivity contribution in [3.8, 4) is 0 Å². The molecule has 0 aromatic heterocycles. The number of rotatable bonds is 4. The lowest BCUT2D eigenvalue weighted by Gasteiger charge is -2.02. The second kappa shape index (κ2) is 6.86. The highest BCUT2D eigenvalue weighted by Gasteiger charge is 1.96. The van der Waals surface area contributed by atoms with Crippen LogP contribution in [-0.4, -0.2) is 24.6 Å². The maximum absolute atomic E-state index is 10.6. The number of amides is 1. The van der Waals surface area contributed by atoms with E-state index in [1.165, 1.54) is 0 Å². The molecule has 0 aromatic rings. The Kier molecular flexibility index (Phi) is 6.69. The van der Waals surface area contributed by atoms with E-state index in [9.17, 15) is 4.79 Å². The van der Waals surface area contributed by atoms with Gasteiger partial charge in [0.15, 0.2) is 0 Å². The molecular weight excluding hydrogens is 198 g/mol. The predicted molar refractivity (Wildman–Crippen MR) is 43.4 cm³/mol. The van der Waals surface area contributed by atoms with Gasteiger partial charge < -0.3 is 10.1 Å². The van der Waals surface area contributed by atoms with Crippen molar-refractivity contribution in [3.63, 3.8) is 0 Å². The molecule has 0 unspecified atom stereocenters. The van der Waals surface area contributed by atoms with Crippen LogP contribution in [0.3, 0.4) is 0 Å². The molecule has 0 rings (SSSR count). The van der Waals surface area contributed by atoms with Crippen molar-refractivity contribution in [2.45, 2.75) is 13.3 Å². The molecule has 0 bridgehead atoms. The summed E-state index contributed by atoms with van der Waals surface area (Å²) < 4.78 is 4.72. The van der Waals surface area contributed by atoms with Gasteiger partial charge in [-0.25, -0.2) is 4.79 Å². The number of alkyl halides is 1. The molecule has 0 aliphatic carbocycles. The van der Waals surface area contributed by atoms with Crippen LogP contribution in [0.4, 0.5) is 4.79 Å². The lowest BCUT2D eigenvalue weighted by Crippen LogP contribution is -2.26.